The van der Waals surface area contributed by atoms with Crippen molar-refractivity contribution in [3.05, 3.63) is 41.2 Å². The first kappa shape index (κ1) is 12.5. The molecular weight excluding hydrogens is 256 g/mol. The number of oxazole rings is 1. The number of hydrogen-bond acceptors (Lipinski definition) is 4. The Morgan fingerprint density at radius 3 is 3.06 bits per heavy atom. The summed E-state index contributed by atoms with van der Waals surface area (Å²) >= 11 is 7.49. The molecule has 0 atom stereocenters. The second-order valence-corrected chi connectivity index (χ2v) is 4.86. The lowest BCUT2D eigenvalue weighted by molar-refractivity contribution is 0.454. The van der Waals surface area contributed by atoms with Gasteiger partial charge in [0.05, 0.1) is 6.20 Å². The molecule has 0 radical (unpaired) electrons. The van der Waals surface area contributed by atoms with Crippen LogP contribution in [0.3, 0.4) is 0 Å². The Morgan fingerprint density at radius 1 is 1.47 bits per heavy atom. The Bertz CT molecular complexity index is 473. The van der Waals surface area contributed by atoms with E-state index in [1.165, 1.54) is 17.3 Å². The lowest BCUT2D eigenvalue weighted by Crippen LogP contribution is -2.12. The van der Waals surface area contributed by atoms with Crippen LogP contribution >= 0.6 is 23.4 Å². The highest BCUT2D eigenvalue weighted by molar-refractivity contribution is 7.99. The Balaban J connectivity index is 2.20. The Kier molecular flexibility index (Phi) is 4.48. The van der Waals surface area contributed by atoms with E-state index in [-0.39, 0.29) is 0 Å². The van der Waals surface area contributed by atoms with Gasteiger partial charge in [0.1, 0.15) is 6.26 Å². The molecule has 0 saturated carbocycles. The van der Waals surface area contributed by atoms with Gasteiger partial charge in [-0.1, -0.05) is 24.6 Å². The minimum Gasteiger partial charge on any atom is -0.440 e. The van der Waals surface area contributed by atoms with Crippen LogP contribution in [0, 0.1) is 0 Å². The van der Waals surface area contributed by atoms with Crippen molar-refractivity contribution in [1.29, 1.82) is 0 Å². The summed E-state index contributed by atoms with van der Waals surface area (Å²) < 4.78 is 5.23. The summed E-state index contributed by atoms with van der Waals surface area (Å²) in [7, 11) is 0. The molecular formula is C12H13ClN2OS. The van der Waals surface area contributed by atoms with Crippen molar-refractivity contribution >= 4 is 23.4 Å². The molecule has 90 valence electrons. The highest BCUT2D eigenvalue weighted by Crippen LogP contribution is 2.31. The second kappa shape index (κ2) is 6.10. The van der Waals surface area contributed by atoms with Crippen LogP contribution in [0.1, 0.15) is 12.5 Å². The molecule has 2 rings (SSSR count). The van der Waals surface area contributed by atoms with Crippen LogP contribution in [0.5, 0.6) is 0 Å². The van der Waals surface area contributed by atoms with Gasteiger partial charge in [-0.05, 0) is 36.0 Å². The van der Waals surface area contributed by atoms with Gasteiger partial charge in [-0.25, -0.2) is 4.98 Å². The molecule has 0 aliphatic heterocycles. The van der Waals surface area contributed by atoms with Crippen LogP contribution in [0.15, 0.2) is 45.2 Å². The van der Waals surface area contributed by atoms with Crippen LogP contribution < -0.4 is 5.32 Å². The number of halogens is 1. The van der Waals surface area contributed by atoms with Crippen molar-refractivity contribution < 1.29 is 4.42 Å². The van der Waals surface area contributed by atoms with Crippen LogP contribution in [0.4, 0.5) is 0 Å². The number of rotatable bonds is 5. The fourth-order valence-corrected chi connectivity index (χ4v) is 2.48. The zero-order chi connectivity index (χ0) is 12.1. The molecule has 1 heterocycles. The molecule has 0 aliphatic carbocycles. The van der Waals surface area contributed by atoms with Gasteiger partial charge in [0.25, 0.3) is 5.22 Å². The highest BCUT2D eigenvalue weighted by Gasteiger charge is 2.08. The molecule has 2 aromatic rings. The van der Waals surface area contributed by atoms with Gasteiger partial charge in [0.2, 0.25) is 0 Å². The van der Waals surface area contributed by atoms with Gasteiger partial charge in [0, 0.05) is 16.5 Å². The summed E-state index contributed by atoms with van der Waals surface area (Å²) in [5.41, 5.74) is 1.19. The third-order valence-electron chi connectivity index (χ3n) is 2.20. The molecule has 1 aromatic heterocycles. The lowest BCUT2D eigenvalue weighted by atomic mass is 10.2. The predicted molar refractivity (Wildman–Crippen MR) is 69.5 cm³/mol. The van der Waals surface area contributed by atoms with E-state index in [0.29, 0.717) is 5.22 Å². The van der Waals surface area contributed by atoms with E-state index in [1.807, 2.05) is 18.2 Å². The Morgan fingerprint density at radius 2 is 2.35 bits per heavy atom. The van der Waals surface area contributed by atoms with Crippen LogP contribution in [-0.2, 0) is 6.54 Å². The molecule has 0 saturated heterocycles. The number of aromatic nitrogens is 1. The lowest BCUT2D eigenvalue weighted by Gasteiger charge is -2.08. The Labute approximate surface area is 110 Å². The van der Waals surface area contributed by atoms with E-state index in [4.69, 9.17) is 16.0 Å². The summed E-state index contributed by atoms with van der Waals surface area (Å²) in [6.45, 7) is 3.83. The van der Waals surface area contributed by atoms with E-state index in [2.05, 4.69) is 17.2 Å². The van der Waals surface area contributed by atoms with Gasteiger partial charge in [-0.2, -0.15) is 0 Å². The standard InChI is InChI=1S/C12H13ClN2OS/c1-2-14-8-9-3-4-10(13)7-11(9)17-12-15-5-6-16-12/h3-7,14H,2,8H2,1H3. The zero-order valence-corrected chi connectivity index (χ0v) is 11.0. The van der Waals surface area contributed by atoms with Crippen molar-refractivity contribution in [2.45, 2.75) is 23.6 Å². The average Bonchev–Trinajstić information content (AvgIpc) is 2.81. The summed E-state index contributed by atoms with van der Waals surface area (Å²) in [5.74, 6) is 0. The first-order chi connectivity index (χ1) is 8.29. The van der Waals surface area contributed by atoms with Gasteiger partial charge >= 0.3 is 0 Å². The van der Waals surface area contributed by atoms with Crippen LogP contribution in [0.25, 0.3) is 0 Å². The maximum atomic E-state index is 6.01. The minimum absolute atomic E-state index is 0.630. The maximum absolute atomic E-state index is 6.01. The molecule has 0 amide bonds. The van der Waals surface area contributed by atoms with E-state index in [9.17, 15) is 0 Å². The van der Waals surface area contributed by atoms with Gasteiger partial charge in [-0.3, -0.25) is 0 Å². The fourth-order valence-electron chi connectivity index (χ4n) is 1.38. The summed E-state index contributed by atoms with van der Waals surface area (Å²) in [5, 5.41) is 4.65. The summed E-state index contributed by atoms with van der Waals surface area (Å²) in [6.07, 6.45) is 3.20. The van der Waals surface area contributed by atoms with Crippen molar-refractivity contribution in [1.82, 2.24) is 10.3 Å². The van der Waals surface area contributed by atoms with E-state index < -0.39 is 0 Å². The molecule has 1 aromatic carbocycles. The quantitative estimate of drug-likeness (QED) is 0.899. The molecule has 0 spiro atoms. The SMILES string of the molecule is CCNCc1ccc(Cl)cc1Sc1ncco1. The van der Waals surface area contributed by atoms with Crippen molar-refractivity contribution in [2.75, 3.05) is 6.54 Å². The molecule has 0 bridgehead atoms. The topological polar surface area (TPSA) is 38.1 Å². The Hall–Kier alpha value is -0.970. The average molecular weight is 269 g/mol. The minimum atomic E-state index is 0.630. The molecule has 1 N–H and O–H groups in total. The third-order valence-corrected chi connectivity index (χ3v) is 3.41. The molecule has 0 aliphatic rings. The normalized spacial score (nSPS) is 10.7. The number of benzene rings is 1. The maximum Gasteiger partial charge on any atom is 0.260 e. The third kappa shape index (κ3) is 3.49. The first-order valence-electron chi connectivity index (χ1n) is 5.36. The van der Waals surface area contributed by atoms with Crippen LogP contribution in [0.2, 0.25) is 5.02 Å². The molecule has 5 heteroatoms. The van der Waals surface area contributed by atoms with Crippen molar-refractivity contribution in [2.24, 2.45) is 0 Å². The fraction of sp³-hybridized carbons (Fsp3) is 0.250. The van der Waals surface area contributed by atoms with Gasteiger partial charge in [-0.15, -0.1) is 0 Å². The largest absolute Gasteiger partial charge is 0.440 e. The van der Waals surface area contributed by atoms with E-state index in [1.54, 1.807) is 12.5 Å². The number of hydrogen-bond donors (Lipinski definition) is 1. The van der Waals surface area contributed by atoms with Gasteiger partial charge < -0.3 is 9.73 Å². The predicted octanol–water partition coefficient (Wildman–Crippen LogP) is 3.59. The first-order valence-corrected chi connectivity index (χ1v) is 6.55. The zero-order valence-electron chi connectivity index (χ0n) is 9.44. The molecule has 3 nitrogen and oxygen atoms in total. The van der Waals surface area contributed by atoms with E-state index in [0.717, 1.165) is 23.0 Å². The summed E-state index contributed by atoms with van der Waals surface area (Å²) in [4.78, 5) is 5.17. The van der Waals surface area contributed by atoms with Crippen molar-refractivity contribution in [3.63, 3.8) is 0 Å². The molecule has 0 fully saturated rings. The number of nitrogens with zero attached hydrogens (tertiary/aromatic N) is 1. The molecule has 17 heavy (non-hydrogen) atoms. The highest BCUT2D eigenvalue weighted by atomic mass is 35.5. The second-order valence-electron chi connectivity index (χ2n) is 3.43. The number of nitrogens with one attached hydrogen (secondary N) is 1. The van der Waals surface area contributed by atoms with E-state index >= 15 is 0 Å². The monoisotopic (exact) mass is 268 g/mol. The molecule has 0 unspecified atom stereocenters. The smallest absolute Gasteiger partial charge is 0.260 e. The summed E-state index contributed by atoms with van der Waals surface area (Å²) in [6, 6.07) is 5.85. The van der Waals surface area contributed by atoms with Gasteiger partial charge in [0.15, 0.2) is 0 Å². The van der Waals surface area contributed by atoms with Crippen molar-refractivity contribution in [3.8, 4) is 0 Å². The van der Waals surface area contributed by atoms with Crippen LogP contribution in [-0.4, -0.2) is 11.5 Å².